The normalized spacial score (nSPS) is 9.00. The van der Waals surface area contributed by atoms with Gasteiger partial charge in [0, 0.05) is 48.4 Å². The van der Waals surface area contributed by atoms with Gasteiger partial charge in [0.15, 0.2) is 0 Å². The van der Waals surface area contributed by atoms with Gasteiger partial charge in [-0.25, -0.2) is 0 Å². The van der Waals surface area contributed by atoms with Gasteiger partial charge in [0.25, 0.3) is 0 Å². The molecule has 0 aliphatic heterocycles. The molecule has 0 N–H and O–H groups in total. The van der Waals surface area contributed by atoms with E-state index in [2.05, 4.69) is 19.9 Å². The molecule has 4 aromatic rings. The van der Waals surface area contributed by atoms with E-state index in [-0.39, 0.29) is 0 Å². The summed E-state index contributed by atoms with van der Waals surface area (Å²) in [6, 6.07) is 21.3. The predicted octanol–water partition coefficient (Wildman–Crippen LogP) is 4.62. The second kappa shape index (κ2) is 11.2. The summed E-state index contributed by atoms with van der Waals surface area (Å²) in [6.45, 7) is 1.97. The molecule has 25 heavy (non-hydrogen) atoms. The SMILES string of the molecule is Cc1ccccn1.c1ccc(-c2ccncc2)nc1.c1ccncc1. The average molecular weight is 328 g/mol. The average Bonchev–Trinajstić information content (AvgIpc) is 2.72. The number of pyridine rings is 4. The van der Waals surface area contributed by atoms with Crippen molar-refractivity contribution in [2.24, 2.45) is 0 Å². The van der Waals surface area contributed by atoms with Crippen molar-refractivity contribution < 1.29 is 0 Å². The highest BCUT2D eigenvalue weighted by Gasteiger charge is 1.94. The fourth-order valence-corrected chi connectivity index (χ4v) is 1.82. The molecular weight excluding hydrogens is 308 g/mol. The number of rotatable bonds is 1. The van der Waals surface area contributed by atoms with Crippen LogP contribution in [-0.2, 0) is 0 Å². The van der Waals surface area contributed by atoms with E-state index in [0.29, 0.717) is 0 Å². The van der Waals surface area contributed by atoms with Gasteiger partial charge < -0.3 is 0 Å². The maximum atomic E-state index is 4.22. The third kappa shape index (κ3) is 7.61. The lowest BCUT2D eigenvalue weighted by atomic mass is 10.2. The van der Waals surface area contributed by atoms with Crippen LogP contribution in [0.4, 0.5) is 0 Å². The summed E-state index contributed by atoms with van der Waals surface area (Å²) in [7, 11) is 0. The topological polar surface area (TPSA) is 51.6 Å². The van der Waals surface area contributed by atoms with Gasteiger partial charge in [0.2, 0.25) is 0 Å². The van der Waals surface area contributed by atoms with Crippen LogP contribution in [0.3, 0.4) is 0 Å². The summed E-state index contributed by atoms with van der Waals surface area (Å²) in [5, 5.41) is 0. The first kappa shape index (κ1) is 17.9. The molecule has 0 spiro atoms. The molecule has 0 bridgehead atoms. The molecule has 124 valence electrons. The van der Waals surface area contributed by atoms with Gasteiger partial charge in [-0.1, -0.05) is 18.2 Å². The van der Waals surface area contributed by atoms with Gasteiger partial charge in [-0.3, -0.25) is 19.9 Å². The fraction of sp³-hybridized carbons (Fsp3) is 0.0476. The molecule has 4 heterocycles. The smallest absolute Gasteiger partial charge is 0.0703 e. The molecule has 4 aromatic heterocycles. The summed E-state index contributed by atoms with van der Waals surface area (Å²) in [6.07, 6.45) is 10.6. The Morgan fingerprint density at radius 3 is 1.52 bits per heavy atom. The van der Waals surface area contributed by atoms with Gasteiger partial charge in [0.1, 0.15) is 0 Å². The lowest BCUT2D eigenvalue weighted by Crippen LogP contribution is -1.80. The first-order chi connectivity index (χ1) is 12.4. The van der Waals surface area contributed by atoms with E-state index in [9.17, 15) is 0 Å². The minimum atomic E-state index is 0.986. The van der Waals surface area contributed by atoms with Crippen molar-refractivity contribution in [3.05, 3.63) is 110 Å². The van der Waals surface area contributed by atoms with Crippen molar-refractivity contribution in [1.82, 2.24) is 19.9 Å². The van der Waals surface area contributed by atoms with Gasteiger partial charge in [-0.05, 0) is 55.5 Å². The van der Waals surface area contributed by atoms with Gasteiger partial charge in [-0.15, -0.1) is 0 Å². The number of aromatic nitrogens is 4. The number of hydrogen-bond donors (Lipinski definition) is 0. The lowest BCUT2D eigenvalue weighted by molar-refractivity contribution is 1.20. The van der Waals surface area contributed by atoms with E-state index in [4.69, 9.17) is 0 Å². The van der Waals surface area contributed by atoms with E-state index in [1.807, 2.05) is 73.7 Å². The van der Waals surface area contributed by atoms with E-state index in [0.717, 1.165) is 17.0 Å². The van der Waals surface area contributed by atoms with Crippen LogP contribution in [0.15, 0.2) is 104 Å². The Labute approximate surface area is 148 Å². The minimum absolute atomic E-state index is 0.986. The molecule has 0 fully saturated rings. The quantitative estimate of drug-likeness (QED) is 0.512. The Morgan fingerprint density at radius 1 is 0.520 bits per heavy atom. The van der Waals surface area contributed by atoms with Crippen molar-refractivity contribution in [3.63, 3.8) is 0 Å². The van der Waals surface area contributed by atoms with Crippen LogP contribution in [-0.4, -0.2) is 19.9 Å². The summed E-state index contributed by atoms with van der Waals surface area (Å²) >= 11 is 0. The van der Waals surface area contributed by atoms with Crippen molar-refractivity contribution in [3.8, 4) is 11.3 Å². The van der Waals surface area contributed by atoms with E-state index < -0.39 is 0 Å². The zero-order chi connectivity index (χ0) is 17.6. The van der Waals surface area contributed by atoms with Crippen LogP contribution >= 0.6 is 0 Å². The Kier molecular flexibility index (Phi) is 8.03. The van der Waals surface area contributed by atoms with Crippen molar-refractivity contribution in [2.75, 3.05) is 0 Å². The highest BCUT2D eigenvalue weighted by Crippen LogP contribution is 2.13. The minimum Gasteiger partial charge on any atom is -0.265 e. The molecule has 0 unspecified atom stereocenters. The molecule has 0 saturated heterocycles. The predicted molar refractivity (Wildman–Crippen MR) is 101 cm³/mol. The molecule has 0 atom stereocenters. The Morgan fingerprint density at radius 2 is 1.12 bits per heavy atom. The van der Waals surface area contributed by atoms with E-state index >= 15 is 0 Å². The number of hydrogen-bond acceptors (Lipinski definition) is 4. The van der Waals surface area contributed by atoms with Crippen LogP contribution in [0, 0.1) is 6.92 Å². The van der Waals surface area contributed by atoms with Gasteiger partial charge >= 0.3 is 0 Å². The van der Waals surface area contributed by atoms with Gasteiger partial charge in [-0.2, -0.15) is 0 Å². The Hall–Kier alpha value is -3.40. The van der Waals surface area contributed by atoms with Gasteiger partial charge in [0.05, 0.1) is 5.69 Å². The summed E-state index contributed by atoms with van der Waals surface area (Å²) in [5.74, 6) is 0. The largest absolute Gasteiger partial charge is 0.265 e. The second-order valence-corrected chi connectivity index (χ2v) is 4.95. The summed E-state index contributed by atoms with van der Waals surface area (Å²) in [5.41, 5.74) is 3.16. The molecule has 0 amide bonds. The van der Waals surface area contributed by atoms with E-state index in [1.165, 1.54) is 0 Å². The standard InChI is InChI=1S/C10H8N2.C6H7N.C5H5N/c1-2-6-12-10(3-1)9-4-7-11-8-5-9;1-6-4-2-3-5-7-6;1-2-4-6-5-3-1/h1-8H;2-5H,1H3;1-5H. The molecular formula is C21H20N4. The zero-order valence-corrected chi connectivity index (χ0v) is 14.1. The Balaban J connectivity index is 0.000000148. The maximum absolute atomic E-state index is 4.22. The summed E-state index contributed by atoms with van der Waals surface area (Å²) < 4.78 is 0. The Bertz CT molecular complexity index is 728. The molecule has 4 rings (SSSR count). The zero-order valence-electron chi connectivity index (χ0n) is 14.1. The van der Waals surface area contributed by atoms with Crippen molar-refractivity contribution >= 4 is 0 Å². The molecule has 4 heteroatoms. The van der Waals surface area contributed by atoms with Crippen LogP contribution in [0.1, 0.15) is 5.69 Å². The van der Waals surface area contributed by atoms with E-state index in [1.54, 1.807) is 37.2 Å². The first-order valence-corrected chi connectivity index (χ1v) is 7.90. The molecule has 4 nitrogen and oxygen atoms in total. The number of nitrogens with zero attached hydrogens (tertiary/aromatic N) is 4. The van der Waals surface area contributed by atoms with Crippen LogP contribution in [0.2, 0.25) is 0 Å². The summed E-state index contributed by atoms with van der Waals surface area (Å²) in [4.78, 5) is 15.9. The molecule has 0 aliphatic rings. The molecule has 0 aliphatic carbocycles. The fourth-order valence-electron chi connectivity index (χ4n) is 1.82. The molecule has 0 aromatic carbocycles. The van der Waals surface area contributed by atoms with Crippen molar-refractivity contribution in [2.45, 2.75) is 6.92 Å². The second-order valence-electron chi connectivity index (χ2n) is 4.95. The highest BCUT2D eigenvalue weighted by molar-refractivity contribution is 5.57. The highest BCUT2D eigenvalue weighted by atomic mass is 14.7. The monoisotopic (exact) mass is 328 g/mol. The first-order valence-electron chi connectivity index (χ1n) is 7.90. The number of aryl methyl sites for hydroxylation is 1. The van der Waals surface area contributed by atoms with Crippen LogP contribution < -0.4 is 0 Å². The van der Waals surface area contributed by atoms with Crippen LogP contribution in [0.25, 0.3) is 11.3 Å². The lowest BCUT2D eigenvalue weighted by Gasteiger charge is -1.96. The molecule has 0 saturated carbocycles. The van der Waals surface area contributed by atoms with Crippen LogP contribution in [0.5, 0.6) is 0 Å². The van der Waals surface area contributed by atoms with Crippen molar-refractivity contribution in [1.29, 1.82) is 0 Å². The maximum Gasteiger partial charge on any atom is 0.0703 e. The third-order valence-electron chi connectivity index (χ3n) is 3.02. The molecule has 0 radical (unpaired) electrons. The third-order valence-corrected chi connectivity index (χ3v) is 3.02.